The van der Waals surface area contributed by atoms with Gasteiger partial charge in [-0.2, -0.15) is 5.10 Å². The molecule has 1 aromatic rings. The van der Waals surface area contributed by atoms with Crippen molar-refractivity contribution < 1.29 is 14.3 Å². The first kappa shape index (κ1) is 16.8. The minimum Gasteiger partial charge on any atom is -0.493 e. The Morgan fingerprint density at radius 3 is 2.92 bits per heavy atom. The number of hydrogen-bond donors (Lipinski definition) is 1. The molecule has 2 saturated carbocycles. The number of hydrogen-bond acceptors (Lipinski definition) is 4. The van der Waals surface area contributed by atoms with Crippen LogP contribution in [-0.4, -0.2) is 25.8 Å². The number of fused-ring (bicyclic) bond motifs is 1. The molecule has 130 valence electrons. The standard InChI is InChI=1S/C19H26N2O3/c1-4-24-15-9-8-13(11-16(15)23-3)12-20-21-18(22)17-14-7-5-6-10-19(14,17)2/h8-9,11-12,14,17H,4-7,10H2,1-3H3,(H,21,22). The summed E-state index contributed by atoms with van der Waals surface area (Å²) in [4.78, 5) is 12.4. The maximum absolute atomic E-state index is 12.4. The SMILES string of the molecule is CCOc1ccc(C=NNC(=O)C2C3CCCCC32C)cc1OC. The topological polar surface area (TPSA) is 59.9 Å². The zero-order valence-corrected chi connectivity index (χ0v) is 14.7. The lowest BCUT2D eigenvalue weighted by Crippen LogP contribution is -2.22. The number of hydrazone groups is 1. The third kappa shape index (κ3) is 3.12. The molecule has 3 atom stereocenters. The molecule has 1 N–H and O–H groups in total. The zero-order chi connectivity index (χ0) is 17.2. The van der Waals surface area contributed by atoms with E-state index in [0.29, 0.717) is 24.0 Å². The average molecular weight is 330 g/mol. The highest BCUT2D eigenvalue weighted by molar-refractivity contribution is 5.86. The summed E-state index contributed by atoms with van der Waals surface area (Å²) >= 11 is 0. The van der Waals surface area contributed by atoms with Crippen molar-refractivity contribution in [1.82, 2.24) is 5.43 Å². The molecule has 5 heteroatoms. The molecular weight excluding hydrogens is 304 g/mol. The summed E-state index contributed by atoms with van der Waals surface area (Å²) in [6.45, 7) is 4.75. The molecule has 3 unspecified atom stereocenters. The third-order valence-corrected chi connectivity index (χ3v) is 5.49. The molecule has 0 radical (unpaired) electrons. The van der Waals surface area contributed by atoms with Gasteiger partial charge in [0.2, 0.25) is 5.91 Å². The van der Waals surface area contributed by atoms with Crippen molar-refractivity contribution in [1.29, 1.82) is 0 Å². The van der Waals surface area contributed by atoms with Crippen LogP contribution in [0.2, 0.25) is 0 Å². The third-order valence-electron chi connectivity index (χ3n) is 5.49. The molecule has 2 aliphatic carbocycles. The lowest BCUT2D eigenvalue weighted by Gasteiger charge is -2.15. The maximum atomic E-state index is 12.4. The van der Waals surface area contributed by atoms with Crippen LogP contribution in [0.1, 0.15) is 45.1 Å². The second kappa shape index (κ2) is 6.83. The van der Waals surface area contributed by atoms with Crippen molar-refractivity contribution >= 4 is 12.1 Å². The van der Waals surface area contributed by atoms with Crippen molar-refractivity contribution in [3.63, 3.8) is 0 Å². The van der Waals surface area contributed by atoms with Crippen LogP contribution >= 0.6 is 0 Å². The molecule has 1 aromatic carbocycles. The number of carbonyl (C=O) groups is 1. The Morgan fingerprint density at radius 1 is 1.42 bits per heavy atom. The molecule has 2 aliphatic rings. The van der Waals surface area contributed by atoms with E-state index in [1.54, 1.807) is 13.3 Å². The Balaban J connectivity index is 1.59. The molecule has 0 heterocycles. The fraction of sp³-hybridized carbons (Fsp3) is 0.579. The van der Waals surface area contributed by atoms with Gasteiger partial charge in [-0.3, -0.25) is 4.79 Å². The van der Waals surface area contributed by atoms with Crippen LogP contribution in [0.25, 0.3) is 0 Å². The van der Waals surface area contributed by atoms with E-state index in [2.05, 4.69) is 17.5 Å². The van der Waals surface area contributed by atoms with Gasteiger partial charge in [0.25, 0.3) is 0 Å². The van der Waals surface area contributed by atoms with Crippen LogP contribution in [0.15, 0.2) is 23.3 Å². The minimum atomic E-state index is 0.0542. The summed E-state index contributed by atoms with van der Waals surface area (Å²) in [6, 6.07) is 5.59. The smallest absolute Gasteiger partial charge is 0.244 e. The van der Waals surface area contributed by atoms with E-state index in [1.165, 1.54) is 19.3 Å². The highest BCUT2D eigenvalue weighted by Gasteiger charge is 2.64. The van der Waals surface area contributed by atoms with Crippen molar-refractivity contribution in [2.75, 3.05) is 13.7 Å². The number of benzene rings is 1. The first-order valence-electron chi connectivity index (χ1n) is 8.74. The van der Waals surface area contributed by atoms with E-state index in [1.807, 2.05) is 25.1 Å². The van der Waals surface area contributed by atoms with Crippen LogP contribution in [0, 0.1) is 17.3 Å². The number of amides is 1. The van der Waals surface area contributed by atoms with Crippen molar-refractivity contribution in [3.8, 4) is 11.5 Å². The maximum Gasteiger partial charge on any atom is 0.244 e. The van der Waals surface area contributed by atoms with Gasteiger partial charge in [-0.15, -0.1) is 0 Å². The van der Waals surface area contributed by atoms with Crippen molar-refractivity contribution in [2.24, 2.45) is 22.4 Å². The molecule has 24 heavy (non-hydrogen) atoms. The average Bonchev–Trinajstić information content (AvgIpc) is 3.21. The van der Waals surface area contributed by atoms with Crippen molar-refractivity contribution in [3.05, 3.63) is 23.8 Å². The van der Waals surface area contributed by atoms with Gasteiger partial charge in [0.05, 0.1) is 19.9 Å². The van der Waals surface area contributed by atoms with E-state index >= 15 is 0 Å². The van der Waals surface area contributed by atoms with Crippen LogP contribution in [0.5, 0.6) is 11.5 Å². The molecule has 0 saturated heterocycles. The molecular formula is C19H26N2O3. The zero-order valence-electron chi connectivity index (χ0n) is 14.7. The summed E-state index contributed by atoms with van der Waals surface area (Å²) in [5.74, 6) is 2.10. The number of nitrogens with one attached hydrogen (secondary N) is 1. The van der Waals surface area contributed by atoms with E-state index < -0.39 is 0 Å². The summed E-state index contributed by atoms with van der Waals surface area (Å²) in [5.41, 5.74) is 3.78. The van der Waals surface area contributed by atoms with Gasteiger partial charge in [0, 0.05) is 5.92 Å². The van der Waals surface area contributed by atoms with Gasteiger partial charge in [0.15, 0.2) is 11.5 Å². The molecule has 5 nitrogen and oxygen atoms in total. The summed E-state index contributed by atoms with van der Waals surface area (Å²) < 4.78 is 10.8. The van der Waals surface area contributed by atoms with E-state index in [-0.39, 0.29) is 17.2 Å². The Bertz CT molecular complexity index is 643. The number of carbonyl (C=O) groups excluding carboxylic acids is 1. The summed E-state index contributed by atoms with van der Waals surface area (Å²) in [7, 11) is 1.61. The Kier molecular flexibility index (Phi) is 4.78. The normalized spacial score (nSPS) is 28.3. The van der Waals surface area contributed by atoms with Gasteiger partial charge in [-0.25, -0.2) is 5.43 Å². The largest absolute Gasteiger partial charge is 0.493 e. The van der Waals surface area contributed by atoms with Gasteiger partial charge in [-0.1, -0.05) is 19.8 Å². The Labute approximate surface area is 143 Å². The molecule has 0 aromatic heterocycles. The highest BCUT2D eigenvalue weighted by Crippen LogP contribution is 2.66. The monoisotopic (exact) mass is 330 g/mol. The molecule has 3 rings (SSSR count). The number of methoxy groups -OCH3 is 1. The predicted octanol–water partition coefficient (Wildman–Crippen LogP) is 3.37. The van der Waals surface area contributed by atoms with Crippen molar-refractivity contribution in [2.45, 2.75) is 39.5 Å². The highest BCUT2D eigenvalue weighted by atomic mass is 16.5. The van der Waals surface area contributed by atoms with E-state index in [9.17, 15) is 4.79 Å². The van der Waals surface area contributed by atoms with E-state index in [0.717, 1.165) is 12.0 Å². The number of ether oxygens (including phenoxy) is 2. The number of rotatable bonds is 6. The Hall–Kier alpha value is -2.04. The lowest BCUT2D eigenvalue weighted by molar-refractivity contribution is -0.123. The lowest BCUT2D eigenvalue weighted by atomic mass is 9.90. The molecule has 2 fully saturated rings. The van der Waals surface area contributed by atoms with Gasteiger partial charge in [0.1, 0.15) is 0 Å². The van der Waals surface area contributed by atoms with E-state index in [4.69, 9.17) is 9.47 Å². The minimum absolute atomic E-state index is 0.0542. The van der Waals surface area contributed by atoms with Crippen LogP contribution < -0.4 is 14.9 Å². The second-order valence-electron chi connectivity index (χ2n) is 6.91. The fourth-order valence-corrected chi connectivity index (χ4v) is 4.13. The first-order valence-corrected chi connectivity index (χ1v) is 8.74. The Morgan fingerprint density at radius 2 is 2.25 bits per heavy atom. The fourth-order valence-electron chi connectivity index (χ4n) is 4.13. The quantitative estimate of drug-likeness (QED) is 0.642. The van der Waals surface area contributed by atoms with Gasteiger partial charge in [-0.05, 0) is 54.9 Å². The van der Waals surface area contributed by atoms with Crippen LogP contribution in [-0.2, 0) is 4.79 Å². The molecule has 1 amide bonds. The first-order chi connectivity index (χ1) is 11.6. The van der Waals surface area contributed by atoms with Gasteiger partial charge >= 0.3 is 0 Å². The molecule has 0 aliphatic heterocycles. The molecule has 0 bridgehead atoms. The van der Waals surface area contributed by atoms with Crippen LogP contribution in [0.4, 0.5) is 0 Å². The van der Waals surface area contributed by atoms with Crippen LogP contribution in [0.3, 0.4) is 0 Å². The summed E-state index contributed by atoms with van der Waals surface area (Å²) in [5, 5.41) is 4.12. The molecule has 0 spiro atoms. The predicted molar refractivity (Wildman–Crippen MR) is 93.5 cm³/mol. The number of nitrogens with zero attached hydrogens (tertiary/aromatic N) is 1. The second-order valence-corrected chi connectivity index (χ2v) is 6.91. The summed E-state index contributed by atoms with van der Waals surface area (Å²) in [6.07, 6.45) is 6.47. The van der Waals surface area contributed by atoms with Gasteiger partial charge < -0.3 is 9.47 Å².